The quantitative estimate of drug-likeness (QED) is 0.633. The van der Waals surface area contributed by atoms with E-state index in [2.05, 4.69) is 10.2 Å². The second-order valence-corrected chi connectivity index (χ2v) is 3.73. The van der Waals surface area contributed by atoms with E-state index < -0.39 is 0 Å². The predicted molar refractivity (Wildman–Crippen MR) is 55.0 cm³/mol. The van der Waals surface area contributed by atoms with Crippen LogP contribution in [0.25, 0.3) is 0 Å². The Morgan fingerprint density at radius 2 is 2.29 bits per heavy atom. The lowest BCUT2D eigenvalue weighted by atomic mass is 9.91. The van der Waals surface area contributed by atoms with Crippen molar-refractivity contribution in [1.82, 2.24) is 10.2 Å². The molecule has 82 valence electrons. The van der Waals surface area contributed by atoms with Crippen LogP contribution in [0.2, 0.25) is 0 Å². The van der Waals surface area contributed by atoms with Gasteiger partial charge in [0.2, 0.25) is 5.91 Å². The van der Waals surface area contributed by atoms with Crippen LogP contribution < -0.4 is 5.32 Å². The number of nitrogens with one attached hydrogen (secondary N) is 1. The van der Waals surface area contributed by atoms with Gasteiger partial charge in [0.05, 0.1) is 13.2 Å². The topological polar surface area (TPSA) is 52.6 Å². The molecule has 0 radical (unpaired) electrons. The molecule has 1 aliphatic carbocycles. The van der Waals surface area contributed by atoms with E-state index in [1.807, 2.05) is 6.92 Å². The molecule has 2 N–H and O–H groups in total. The Morgan fingerprint density at radius 3 is 2.71 bits per heavy atom. The zero-order chi connectivity index (χ0) is 10.4. The van der Waals surface area contributed by atoms with E-state index in [1.54, 1.807) is 0 Å². The first-order valence-corrected chi connectivity index (χ1v) is 5.39. The van der Waals surface area contributed by atoms with Crippen LogP contribution in [0.5, 0.6) is 0 Å². The normalized spacial score (nSPS) is 16.8. The summed E-state index contributed by atoms with van der Waals surface area (Å²) in [4.78, 5) is 13.4. The summed E-state index contributed by atoms with van der Waals surface area (Å²) < 4.78 is 0. The summed E-state index contributed by atoms with van der Waals surface area (Å²) in [7, 11) is 0. The van der Waals surface area contributed by atoms with Gasteiger partial charge >= 0.3 is 0 Å². The number of rotatable bonds is 6. The van der Waals surface area contributed by atoms with Crippen molar-refractivity contribution in [2.45, 2.75) is 32.2 Å². The minimum absolute atomic E-state index is 0.0628. The van der Waals surface area contributed by atoms with Gasteiger partial charge < -0.3 is 10.4 Å². The first kappa shape index (κ1) is 11.5. The van der Waals surface area contributed by atoms with Gasteiger partial charge in [-0.3, -0.25) is 9.69 Å². The van der Waals surface area contributed by atoms with E-state index in [0.717, 1.165) is 0 Å². The second-order valence-electron chi connectivity index (χ2n) is 3.73. The highest BCUT2D eigenvalue weighted by Crippen LogP contribution is 2.24. The molecule has 0 aliphatic heterocycles. The van der Waals surface area contributed by atoms with Gasteiger partial charge in [0, 0.05) is 19.1 Å². The third kappa shape index (κ3) is 3.27. The minimum Gasteiger partial charge on any atom is -0.395 e. The molecule has 0 aromatic heterocycles. The van der Waals surface area contributed by atoms with Gasteiger partial charge in [-0.15, -0.1) is 0 Å². The van der Waals surface area contributed by atoms with Crippen molar-refractivity contribution in [3.05, 3.63) is 0 Å². The fourth-order valence-corrected chi connectivity index (χ4v) is 1.71. The Balaban J connectivity index is 2.30. The van der Waals surface area contributed by atoms with Crippen molar-refractivity contribution in [2.24, 2.45) is 0 Å². The van der Waals surface area contributed by atoms with Crippen molar-refractivity contribution in [1.29, 1.82) is 0 Å². The summed E-state index contributed by atoms with van der Waals surface area (Å²) in [5.41, 5.74) is 0. The molecule has 1 amide bonds. The summed E-state index contributed by atoms with van der Waals surface area (Å²) in [6, 6.07) is 0.518. The average Bonchev–Trinajstić information content (AvgIpc) is 2.01. The van der Waals surface area contributed by atoms with Crippen LogP contribution >= 0.6 is 0 Å². The Hall–Kier alpha value is -0.610. The molecule has 0 unspecified atom stereocenters. The van der Waals surface area contributed by atoms with Gasteiger partial charge in [-0.2, -0.15) is 0 Å². The lowest BCUT2D eigenvalue weighted by molar-refractivity contribution is -0.123. The number of carbonyl (C=O) groups is 1. The Kier molecular flexibility index (Phi) is 4.90. The lowest BCUT2D eigenvalue weighted by Crippen LogP contribution is -2.47. The molecule has 4 nitrogen and oxygen atoms in total. The smallest absolute Gasteiger partial charge is 0.234 e. The maximum Gasteiger partial charge on any atom is 0.234 e. The van der Waals surface area contributed by atoms with Gasteiger partial charge in [0.25, 0.3) is 0 Å². The summed E-state index contributed by atoms with van der Waals surface area (Å²) >= 11 is 0. The molecule has 0 spiro atoms. The van der Waals surface area contributed by atoms with Crippen LogP contribution in [0, 0.1) is 0 Å². The molecule has 1 aliphatic rings. The molecule has 4 heteroatoms. The van der Waals surface area contributed by atoms with Gasteiger partial charge in [-0.1, -0.05) is 6.42 Å². The number of hydrogen-bond donors (Lipinski definition) is 2. The molecule has 0 atom stereocenters. The third-order valence-electron chi connectivity index (χ3n) is 2.70. The highest BCUT2D eigenvalue weighted by atomic mass is 16.3. The number of aliphatic hydroxyl groups is 1. The van der Waals surface area contributed by atoms with E-state index in [4.69, 9.17) is 5.11 Å². The van der Waals surface area contributed by atoms with Crippen molar-refractivity contribution < 1.29 is 9.90 Å². The van der Waals surface area contributed by atoms with Crippen molar-refractivity contribution in [3.8, 4) is 0 Å². The zero-order valence-corrected chi connectivity index (χ0v) is 8.83. The molecule has 0 bridgehead atoms. The summed E-state index contributed by atoms with van der Waals surface area (Å²) in [5.74, 6) is 0.0628. The van der Waals surface area contributed by atoms with Crippen LogP contribution in [0.4, 0.5) is 0 Å². The third-order valence-corrected chi connectivity index (χ3v) is 2.70. The maximum atomic E-state index is 11.3. The summed E-state index contributed by atoms with van der Waals surface area (Å²) in [6.07, 6.45) is 3.58. The summed E-state index contributed by atoms with van der Waals surface area (Å²) in [5, 5.41) is 11.6. The Morgan fingerprint density at radius 1 is 1.57 bits per heavy atom. The van der Waals surface area contributed by atoms with E-state index in [9.17, 15) is 4.79 Å². The number of aliphatic hydroxyl groups excluding tert-OH is 1. The van der Waals surface area contributed by atoms with Crippen LogP contribution in [-0.4, -0.2) is 48.2 Å². The first-order valence-electron chi connectivity index (χ1n) is 5.39. The Labute approximate surface area is 85.3 Å². The van der Waals surface area contributed by atoms with Crippen LogP contribution in [-0.2, 0) is 4.79 Å². The number of hydrogen-bond acceptors (Lipinski definition) is 3. The number of likely N-dealkylation sites (N-methyl/N-ethyl adjacent to an activating group) is 1. The summed E-state index contributed by atoms with van der Waals surface area (Å²) in [6.45, 7) is 3.77. The van der Waals surface area contributed by atoms with Crippen molar-refractivity contribution in [3.63, 3.8) is 0 Å². The molecule has 0 saturated heterocycles. The minimum atomic E-state index is 0.0628. The van der Waals surface area contributed by atoms with Gasteiger partial charge in [0.15, 0.2) is 0 Å². The standard InChI is InChI=1S/C10H20N2O2/c1-2-11-10(14)8-12(6-7-13)9-4-3-5-9/h9,13H,2-8H2,1H3,(H,11,14). The molecule has 0 aromatic carbocycles. The van der Waals surface area contributed by atoms with E-state index >= 15 is 0 Å². The fraction of sp³-hybridized carbons (Fsp3) is 0.900. The molecule has 0 heterocycles. The molecule has 1 saturated carbocycles. The maximum absolute atomic E-state index is 11.3. The van der Waals surface area contributed by atoms with Crippen LogP contribution in [0.1, 0.15) is 26.2 Å². The first-order chi connectivity index (χ1) is 6.77. The monoisotopic (exact) mass is 200 g/mol. The molecular formula is C10H20N2O2. The van der Waals surface area contributed by atoms with E-state index in [0.29, 0.717) is 25.7 Å². The highest BCUT2D eigenvalue weighted by Gasteiger charge is 2.25. The zero-order valence-electron chi connectivity index (χ0n) is 8.83. The second kappa shape index (κ2) is 5.98. The fourth-order valence-electron chi connectivity index (χ4n) is 1.71. The molecule has 14 heavy (non-hydrogen) atoms. The predicted octanol–water partition coefficient (Wildman–Crippen LogP) is -0.0307. The number of amides is 1. The van der Waals surface area contributed by atoms with E-state index in [-0.39, 0.29) is 12.5 Å². The SMILES string of the molecule is CCNC(=O)CN(CCO)C1CCC1. The van der Waals surface area contributed by atoms with Crippen LogP contribution in [0.15, 0.2) is 0 Å². The molecule has 1 rings (SSSR count). The number of nitrogens with zero attached hydrogens (tertiary/aromatic N) is 1. The van der Waals surface area contributed by atoms with E-state index in [1.165, 1.54) is 19.3 Å². The van der Waals surface area contributed by atoms with Crippen molar-refractivity contribution >= 4 is 5.91 Å². The van der Waals surface area contributed by atoms with Gasteiger partial charge in [0.1, 0.15) is 0 Å². The largest absolute Gasteiger partial charge is 0.395 e. The molecular weight excluding hydrogens is 180 g/mol. The van der Waals surface area contributed by atoms with Gasteiger partial charge in [-0.25, -0.2) is 0 Å². The lowest BCUT2D eigenvalue weighted by Gasteiger charge is -2.36. The Bertz CT molecular complexity index is 181. The van der Waals surface area contributed by atoms with Gasteiger partial charge in [-0.05, 0) is 19.8 Å². The highest BCUT2D eigenvalue weighted by molar-refractivity contribution is 5.77. The van der Waals surface area contributed by atoms with Crippen LogP contribution in [0.3, 0.4) is 0 Å². The molecule has 0 aromatic rings. The molecule has 1 fully saturated rings. The number of carbonyl (C=O) groups excluding carboxylic acids is 1. The van der Waals surface area contributed by atoms with Crippen molar-refractivity contribution in [2.75, 3.05) is 26.2 Å². The average molecular weight is 200 g/mol.